The maximum Gasteiger partial charge on any atom is 0.118 e. The molecule has 0 amide bonds. The Kier molecular flexibility index (Phi) is 4.76. The average Bonchev–Trinajstić information content (AvgIpc) is 3.15. The fraction of sp³-hybridized carbons (Fsp3) is 0.158. The van der Waals surface area contributed by atoms with E-state index in [-0.39, 0.29) is 0 Å². The van der Waals surface area contributed by atoms with E-state index in [1.165, 1.54) is 11.3 Å². The molecule has 23 heavy (non-hydrogen) atoms. The lowest BCUT2D eigenvalue weighted by molar-refractivity contribution is 0.198. The van der Waals surface area contributed by atoms with Crippen molar-refractivity contribution in [1.29, 1.82) is 0 Å². The molecule has 0 radical (unpaired) electrons. The van der Waals surface area contributed by atoms with Crippen LogP contribution in [0.5, 0.6) is 5.75 Å². The second-order valence-corrected chi connectivity index (χ2v) is 6.20. The van der Waals surface area contributed by atoms with E-state index < -0.39 is 12.2 Å². The summed E-state index contributed by atoms with van der Waals surface area (Å²) in [7, 11) is 1.61. The van der Waals surface area contributed by atoms with Crippen LogP contribution < -0.4 is 4.74 Å². The number of rotatable bonds is 5. The predicted octanol–water partition coefficient (Wildman–Crippen LogP) is 3.92. The molecule has 0 bridgehead atoms. The fourth-order valence-electron chi connectivity index (χ4n) is 2.57. The Morgan fingerprint density at radius 2 is 1.48 bits per heavy atom. The van der Waals surface area contributed by atoms with Gasteiger partial charge in [-0.15, -0.1) is 11.3 Å². The molecule has 4 heteroatoms. The second-order valence-electron chi connectivity index (χ2n) is 5.22. The summed E-state index contributed by atoms with van der Waals surface area (Å²) in [6, 6.07) is 18.5. The molecule has 0 spiro atoms. The van der Waals surface area contributed by atoms with Gasteiger partial charge >= 0.3 is 0 Å². The van der Waals surface area contributed by atoms with Crippen LogP contribution in [0.3, 0.4) is 0 Å². The minimum Gasteiger partial charge on any atom is -0.497 e. The van der Waals surface area contributed by atoms with Gasteiger partial charge in [0.2, 0.25) is 0 Å². The molecule has 2 unspecified atom stereocenters. The highest BCUT2D eigenvalue weighted by Gasteiger charge is 2.20. The van der Waals surface area contributed by atoms with Gasteiger partial charge in [0.15, 0.2) is 0 Å². The molecule has 0 aliphatic carbocycles. The van der Waals surface area contributed by atoms with Crippen molar-refractivity contribution < 1.29 is 14.9 Å². The number of methoxy groups -OCH3 is 1. The van der Waals surface area contributed by atoms with E-state index in [0.717, 1.165) is 21.8 Å². The molecule has 118 valence electrons. The molecule has 0 fully saturated rings. The lowest BCUT2D eigenvalue weighted by Gasteiger charge is -2.19. The van der Waals surface area contributed by atoms with Crippen LogP contribution in [0.2, 0.25) is 0 Å². The van der Waals surface area contributed by atoms with Crippen molar-refractivity contribution in [3.8, 4) is 5.75 Å². The van der Waals surface area contributed by atoms with Crippen molar-refractivity contribution in [2.75, 3.05) is 7.11 Å². The SMILES string of the molecule is COc1ccc(C(O)c2ccccc2C(O)c2cccs2)cc1. The van der Waals surface area contributed by atoms with Crippen molar-refractivity contribution in [1.82, 2.24) is 0 Å². The van der Waals surface area contributed by atoms with Gasteiger partial charge in [0.25, 0.3) is 0 Å². The van der Waals surface area contributed by atoms with Crippen LogP contribution in [-0.2, 0) is 0 Å². The molecule has 1 heterocycles. The first-order chi connectivity index (χ1) is 11.2. The van der Waals surface area contributed by atoms with Gasteiger partial charge in [-0.2, -0.15) is 0 Å². The topological polar surface area (TPSA) is 49.7 Å². The number of ether oxygens (including phenoxy) is 1. The van der Waals surface area contributed by atoms with Crippen molar-refractivity contribution in [3.05, 3.63) is 87.6 Å². The Morgan fingerprint density at radius 1 is 0.826 bits per heavy atom. The molecule has 3 aromatic rings. The lowest BCUT2D eigenvalue weighted by Crippen LogP contribution is -2.07. The number of aliphatic hydroxyl groups excluding tert-OH is 2. The highest BCUT2D eigenvalue weighted by atomic mass is 32.1. The van der Waals surface area contributed by atoms with Gasteiger partial charge < -0.3 is 14.9 Å². The summed E-state index contributed by atoms with van der Waals surface area (Å²) in [4.78, 5) is 0.861. The van der Waals surface area contributed by atoms with Crippen molar-refractivity contribution >= 4 is 11.3 Å². The first-order valence-electron chi connectivity index (χ1n) is 7.33. The number of thiophene rings is 1. The fourth-order valence-corrected chi connectivity index (χ4v) is 3.30. The van der Waals surface area contributed by atoms with Crippen LogP contribution in [0.4, 0.5) is 0 Å². The first kappa shape index (κ1) is 15.7. The number of aliphatic hydroxyl groups is 2. The maximum absolute atomic E-state index is 10.7. The third-order valence-electron chi connectivity index (χ3n) is 3.83. The zero-order chi connectivity index (χ0) is 16.2. The first-order valence-corrected chi connectivity index (χ1v) is 8.21. The van der Waals surface area contributed by atoms with E-state index in [2.05, 4.69) is 0 Å². The van der Waals surface area contributed by atoms with Crippen molar-refractivity contribution in [2.24, 2.45) is 0 Å². The van der Waals surface area contributed by atoms with Crippen LogP contribution >= 0.6 is 11.3 Å². The zero-order valence-corrected chi connectivity index (χ0v) is 13.5. The normalized spacial score (nSPS) is 13.5. The zero-order valence-electron chi connectivity index (χ0n) is 12.7. The quantitative estimate of drug-likeness (QED) is 0.747. The summed E-state index contributed by atoms with van der Waals surface area (Å²) in [6.45, 7) is 0. The molecule has 2 N–H and O–H groups in total. The van der Waals surface area contributed by atoms with Gasteiger partial charge in [-0.25, -0.2) is 0 Å². The molecule has 0 aliphatic heterocycles. The molecule has 0 aliphatic rings. The van der Waals surface area contributed by atoms with E-state index in [4.69, 9.17) is 4.74 Å². The highest BCUT2D eigenvalue weighted by molar-refractivity contribution is 7.10. The van der Waals surface area contributed by atoms with Crippen molar-refractivity contribution in [2.45, 2.75) is 12.2 Å². The van der Waals surface area contributed by atoms with Gasteiger partial charge in [-0.3, -0.25) is 0 Å². The molecule has 0 saturated heterocycles. The smallest absolute Gasteiger partial charge is 0.118 e. The Morgan fingerprint density at radius 3 is 2.04 bits per heavy atom. The average molecular weight is 326 g/mol. The van der Waals surface area contributed by atoms with Crippen LogP contribution in [0.25, 0.3) is 0 Å². The molecule has 2 atom stereocenters. The highest BCUT2D eigenvalue weighted by Crippen LogP contribution is 2.33. The van der Waals surface area contributed by atoms with Crippen molar-refractivity contribution in [3.63, 3.8) is 0 Å². The van der Waals surface area contributed by atoms with Crippen LogP contribution in [0, 0.1) is 0 Å². The summed E-state index contributed by atoms with van der Waals surface area (Å²) >= 11 is 1.50. The van der Waals surface area contributed by atoms with Gasteiger partial charge in [-0.05, 0) is 40.3 Å². The second kappa shape index (κ2) is 6.96. The summed E-state index contributed by atoms with van der Waals surface area (Å²) < 4.78 is 5.15. The summed E-state index contributed by atoms with van der Waals surface area (Å²) in [6.07, 6.45) is -1.54. The van der Waals surface area contributed by atoms with Gasteiger partial charge in [0.1, 0.15) is 18.0 Å². The minimum absolute atomic E-state index is 0.707. The van der Waals surface area contributed by atoms with Gasteiger partial charge in [0, 0.05) is 4.88 Å². The lowest BCUT2D eigenvalue weighted by atomic mass is 9.93. The Balaban J connectivity index is 1.95. The summed E-state index contributed by atoms with van der Waals surface area (Å²) in [5, 5.41) is 23.3. The number of hydrogen-bond acceptors (Lipinski definition) is 4. The Bertz CT molecular complexity index is 751. The van der Waals surface area contributed by atoms with E-state index in [9.17, 15) is 10.2 Å². The van der Waals surface area contributed by atoms with E-state index in [0.29, 0.717) is 5.56 Å². The number of benzene rings is 2. The maximum atomic E-state index is 10.7. The molecular weight excluding hydrogens is 308 g/mol. The van der Waals surface area contributed by atoms with Gasteiger partial charge in [0.05, 0.1) is 7.11 Å². The Hall–Kier alpha value is -2.14. The van der Waals surface area contributed by atoms with Crippen LogP contribution in [-0.4, -0.2) is 17.3 Å². The Labute approximate surface area is 139 Å². The molecule has 3 nitrogen and oxygen atoms in total. The van der Waals surface area contributed by atoms with Crippen LogP contribution in [0.1, 0.15) is 33.8 Å². The monoisotopic (exact) mass is 326 g/mol. The molecule has 3 rings (SSSR count). The summed E-state index contributed by atoms with van der Waals surface area (Å²) in [5.74, 6) is 0.743. The van der Waals surface area contributed by atoms with Crippen LogP contribution in [0.15, 0.2) is 66.0 Å². The summed E-state index contributed by atoms with van der Waals surface area (Å²) in [5.41, 5.74) is 2.19. The molecular formula is C19H18O3S. The number of hydrogen-bond donors (Lipinski definition) is 2. The molecule has 1 aromatic heterocycles. The van der Waals surface area contributed by atoms with E-state index in [1.807, 2.05) is 66.0 Å². The van der Waals surface area contributed by atoms with E-state index in [1.54, 1.807) is 7.11 Å². The molecule has 2 aromatic carbocycles. The largest absolute Gasteiger partial charge is 0.497 e. The predicted molar refractivity (Wildman–Crippen MR) is 91.9 cm³/mol. The van der Waals surface area contributed by atoms with E-state index >= 15 is 0 Å². The standard InChI is InChI=1S/C19H18O3S/c1-22-14-10-8-13(9-11-14)18(20)15-5-2-3-6-16(15)19(21)17-7-4-12-23-17/h2-12,18-21H,1H3. The molecule has 0 saturated carbocycles. The van der Waals surface area contributed by atoms with Gasteiger partial charge in [-0.1, -0.05) is 42.5 Å². The third kappa shape index (κ3) is 3.29. The third-order valence-corrected chi connectivity index (χ3v) is 4.75. The minimum atomic E-state index is -0.799.